The van der Waals surface area contributed by atoms with Gasteiger partial charge in [0.05, 0.1) is 11.2 Å². The maximum Gasteiger partial charge on any atom is 0.308 e. The van der Waals surface area contributed by atoms with Crippen molar-refractivity contribution in [3.05, 3.63) is 76.5 Å². The maximum atomic E-state index is 12.9. The minimum Gasteiger partial charge on any atom is -0.427 e. The number of amides is 1. The van der Waals surface area contributed by atoms with Crippen molar-refractivity contribution in [2.45, 2.75) is 34.6 Å². The van der Waals surface area contributed by atoms with Gasteiger partial charge in [0.25, 0.3) is 5.91 Å². The fourth-order valence-electron chi connectivity index (χ4n) is 3.75. The summed E-state index contributed by atoms with van der Waals surface area (Å²) in [6.45, 7) is 9.33. The van der Waals surface area contributed by atoms with Gasteiger partial charge < -0.3 is 10.1 Å². The molecule has 2 aromatic carbocycles. The van der Waals surface area contributed by atoms with Gasteiger partial charge in [-0.15, -0.1) is 0 Å². The molecule has 0 fully saturated rings. The van der Waals surface area contributed by atoms with Crippen molar-refractivity contribution >= 4 is 28.6 Å². The second-order valence-corrected chi connectivity index (χ2v) is 7.93. The van der Waals surface area contributed by atoms with Gasteiger partial charge in [0.1, 0.15) is 11.6 Å². The Morgan fingerprint density at radius 3 is 2.50 bits per heavy atom. The molecule has 162 valence electrons. The highest BCUT2D eigenvalue weighted by atomic mass is 16.5. The molecule has 0 aliphatic rings. The van der Waals surface area contributed by atoms with Gasteiger partial charge >= 0.3 is 5.97 Å². The molecule has 1 amide bonds. The largest absolute Gasteiger partial charge is 0.427 e. The number of ether oxygens (including phenoxy) is 1. The minimum atomic E-state index is -0.445. The van der Waals surface area contributed by atoms with Gasteiger partial charge in [-0.2, -0.15) is 9.78 Å². The van der Waals surface area contributed by atoms with Crippen LogP contribution in [0, 0.1) is 27.7 Å². The molecule has 0 unspecified atom stereocenters. The molecule has 7 heteroatoms. The standard InChI is InChI=1S/C25H24N4O3/c1-14-9-16(3)24-21(10-14)15(2)11-22(26-24)29-23(12-17(4)28-29)27-25(31)19-7-6-8-20(13-19)32-18(5)30/h6-13H,1-5H3,(H,27,31). The highest BCUT2D eigenvalue weighted by Gasteiger charge is 2.16. The zero-order chi connectivity index (χ0) is 23.0. The summed E-state index contributed by atoms with van der Waals surface area (Å²) in [5.41, 5.74) is 5.37. The molecular weight excluding hydrogens is 404 g/mol. The number of aromatic nitrogens is 3. The number of carbonyl (C=O) groups is 2. The zero-order valence-corrected chi connectivity index (χ0v) is 18.7. The summed E-state index contributed by atoms with van der Waals surface area (Å²) in [5, 5.41) is 8.55. The number of rotatable bonds is 4. The monoisotopic (exact) mass is 428 g/mol. The number of fused-ring (bicyclic) bond motifs is 1. The SMILES string of the molecule is CC(=O)Oc1cccc(C(=O)Nc2cc(C)nn2-c2cc(C)c3cc(C)cc(C)c3n2)c1. The second-order valence-electron chi connectivity index (χ2n) is 7.93. The molecule has 0 saturated carbocycles. The number of aryl methyl sites for hydroxylation is 4. The van der Waals surface area contributed by atoms with Crippen LogP contribution in [0.4, 0.5) is 5.82 Å². The van der Waals surface area contributed by atoms with E-state index in [2.05, 4.69) is 29.5 Å². The van der Waals surface area contributed by atoms with Crippen LogP contribution >= 0.6 is 0 Å². The molecule has 1 N–H and O–H groups in total. The summed E-state index contributed by atoms with van der Waals surface area (Å²) in [6.07, 6.45) is 0. The number of benzene rings is 2. The van der Waals surface area contributed by atoms with Crippen molar-refractivity contribution in [3.8, 4) is 11.6 Å². The number of hydrogen-bond acceptors (Lipinski definition) is 5. The highest BCUT2D eigenvalue weighted by Crippen LogP contribution is 2.26. The average Bonchev–Trinajstić information content (AvgIpc) is 3.08. The van der Waals surface area contributed by atoms with Crippen molar-refractivity contribution < 1.29 is 14.3 Å². The third kappa shape index (κ3) is 4.23. The molecule has 0 aliphatic carbocycles. The van der Waals surface area contributed by atoms with Crippen molar-refractivity contribution in [1.29, 1.82) is 0 Å². The molecule has 2 heterocycles. The van der Waals surface area contributed by atoms with Crippen molar-refractivity contribution in [2.24, 2.45) is 0 Å². The average molecular weight is 428 g/mol. The number of anilines is 1. The summed E-state index contributed by atoms with van der Waals surface area (Å²) in [6, 6.07) is 14.4. The predicted molar refractivity (Wildman–Crippen MR) is 124 cm³/mol. The van der Waals surface area contributed by atoms with Gasteiger partial charge in [-0.05, 0) is 69.2 Å². The molecule has 0 bridgehead atoms. The lowest BCUT2D eigenvalue weighted by Crippen LogP contribution is -2.16. The van der Waals surface area contributed by atoms with Gasteiger partial charge in [-0.1, -0.05) is 17.7 Å². The first-order valence-electron chi connectivity index (χ1n) is 10.3. The van der Waals surface area contributed by atoms with Crippen LogP contribution in [0.5, 0.6) is 5.75 Å². The molecule has 0 spiro atoms. The zero-order valence-electron chi connectivity index (χ0n) is 18.7. The van der Waals surface area contributed by atoms with E-state index in [-0.39, 0.29) is 5.91 Å². The van der Waals surface area contributed by atoms with Crippen LogP contribution in [0.15, 0.2) is 48.5 Å². The molecule has 0 radical (unpaired) electrons. The lowest BCUT2D eigenvalue weighted by Gasteiger charge is -2.12. The Hall–Kier alpha value is -4.00. The minimum absolute atomic E-state index is 0.312. The maximum absolute atomic E-state index is 12.9. The quantitative estimate of drug-likeness (QED) is 0.372. The number of hydrogen-bond donors (Lipinski definition) is 1. The first kappa shape index (κ1) is 21.2. The highest BCUT2D eigenvalue weighted by molar-refractivity contribution is 6.04. The first-order chi connectivity index (χ1) is 15.2. The van der Waals surface area contributed by atoms with Crippen LogP contribution < -0.4 is 10.1 Å². The summed E-state index contributed by atoms with van der Waals surface area (Å²) in [4.78, 5) is 29.0. The van der Waals surface area contributed by atoms with E-state index >= 15 is 0 Å². The second kappa shape index (κ2) is 8.26. The Kier molecular flexibility index (Phi) is 5.48. The van der Waals surface area contributed by atoms with E-state index in [0.29, 0.717) is 22.9 Å². The lowest BCUT2D eigenvalue weighted by molar-refractivity contribution is -0.131. The lowest BCUT2D eigenvalue weighted by atomic mass is 10.0. The van der Waals surface area contributed by atoms with Gasteiger partial charge in [0.2, 0.25) is 0 Å². The van der Waals surface area contributed by atoms with Crippen LogP contribution in [-0.4, -0.2) is 26.6 Å². The van der Waals surface area contributed by atoms with E-state index in [0.717, 1.165) is 27.7 Å². The number of carbonyl (C=O) groups excluding carboxylic acids is 2. The van der Waals surface area contributed by atoms with Crippen LogP contribution in [0.25, 0.3) is 16.7 Å². The normalized spacial score (nSPS) is 10.9. The molecule has 0 aliphatic heterocycles. The first-order valence-corrected chi connectivity index (χ1v) is 10.3. The molecule has 32 heavy (non-hydrogen) atoms. The Bertz CT molecular complexity index is 1370. The molecule has 2 aromatic heterocycles. The van der Waals surface area contributed by atoms with Gasteiger partial charge in [-0.25, -0.2) is 4.98 Å². The van der Waals surface area contributed by atoms with E-state index in [1.807, 2.05) is 26.8 Å². The Balaban J connectivity index is 1.71. The molecular formula is C25H24N4O3. The number of nitrogens with zero attached hydrogens (tertiary/aromatic N) is 3. The molecule has 7 nitrogen and oxygen atoms in total. The van der Waals surface area contributed by atoms with Crippen LogP contribution in [-0.2, 0) is 4.79 Å². The Morgan fingerprint density at radius 2 is 1.75 bits per heavy atom. The van der Waals surface area contributed by atoms with Crippen LogP contribution in [0.2, 0.25) is 0 Å². The number of nitrogens with one attached hydrogen (secondary N) is 1. The third-order valence-electron chi connectivity index (χ3n) is 5.09. The Morgan fingerprint density at radius 1 is 0.969 bits per heavy atom. The molecule has 4 rings (SSSR count). The topological polar surface area (TPSA) is 86.1 Å². The van der Waals surface area contributed by atoms with E-state index in [1.165, 1.54) is 18.6 Å². The Labute approximate surface area is 186 Å². The van der Waals surface area contributed by atoms with E-state index in [4.69, 9.17) is 9.72 Å². The summed E-state index contributed by atoms with van der Waals surface area (Å²) in [7, 11) is 0. The number of pyridine rings is 1. The van der Waals surface area contributed by atoms with E-state index in [1.54, 1.807) is 28.9 Å². The smallest absolute Gasteiger partial charge is 0.308 e. The van der Waals surface area contributed by atoms with Crippen LogP contribution in [0.1, 0.15) is 39.7 Å². The van der Waals surface area contributed by atoms with E-state index in [9.17, 15) is 9.59 Å². The molecule has 0 saturated heterocycles. The van der Waals surface area contributed by atoms with Crippen molar-refractivity contribution in [1.82, 2.24) is 14.8 Å². The van der Waals surface area contributed by atoms with Crippen molar-refractivity contribution in [2.75, 3.05) is 5.32 Å². The summed E-state index contributed by atoms with van der Waals surface area (Å²) >= 11 is 0. The summed E-state index contributed by atoms with van der Waals surface area (Å²) in [5.74, 6) is 0.650. The fourth-order valence-corrected chi connectivity index (χ4v) is 3.75. The summed E-state index contributed by atoms with van der Waals surface area (Å²) < 4.78 is 6.71. The van der Waals surface area contributed by atoms with E-state index < -0.39 is 5.97 Å². The molecule has 4 aromatic rings. The molecule has 0 atom stereocenters. The van der Waals surface area contributed by atoms with Crippen molar-refractivity contribution in [3.63, 3.8) is 0 Å². The van der Waals surface area contributed by atoms with Gasteiger partial charge in [0.15, 0.2) is 5.82 Å². The fraction of sp³-hybridized carbons (Fsp3) is 0.200. The van der Waals surface area contributed by atoms with Crippen LogP contribution in [0.3, 0.4) is 0 Å². The number of esters is 1. The van der Waals surface area contributed by atoms with Gasteiger partial charge in [-0.3, -0.25) is 9.59 Å². The predicted octanol–water partition coefficient (Wildman–Crippen LogP) is 4.83. The van der Waals surface area contributed by atoms with Gasteiger partial charge in [0, 0.05) is 23.9 Å². The third-order valence-corrected chi connectivity index (χ3v) is 5.09.